The lowest BCUT2D eigenvalue weighted by atomic mass is 9.85. The van der Waals surface area contributed by atoms with Crippen LogP contribution in [0.1, 0.15) is 44.1 Å². The number of piperidine rings is 1. The number of nitrogens with zero attached hydrogens (tertiary/aromatic N) is 3. The molecular formula is C19H32N4O4S. The molecular weight excluding hydrogens is 380 g/mol. The van der Waals surface area contributed by atoms with E-state index in [-0.39, 0.29) is 22.6 Å². The van der Waals surface area contributed by atoms with Crippen LogP contribution < -0.4 is 5.32 Å². The summed E-state index contributed by atoms with van der Waals surface area (Å²) in [5.74, 6) is 0.488. The average Bonchev–Trinajstić information content (AvgIpc) is 3.31. The van der Waals surface area contributed by atoms with E-state index in [0.717, 1.165) is 19.6 Å². The molecule has 2 saturated heterocycles. The van der Waals surface area contributed by atoms with Gasteiger partial charge in [0.2, 0.25) is 15.9 Å². The van der Waals surface area contributed by atoms with Gasteiger partial charge in [-0.05, 0) is 58.5 Å². The quantitative estimate of drug-likeness (QED) is 0.730. The van der Waals surface area contributed by atoms with E-state index in [2.05, 4.69) is 15.4 Å². The van der Waals surface area contributed by atoms with E-state index in [1.807, 2.05) is 6.92 Å². The molecule has 0 saturated carbocycles. The Balaban J connectivity index is 1.49. The van der Waals surface area contributed by atoms with E-state index >= 15 is 0 Å². The topological polar surface area (TPSA) is 95.8 Å². The Morgan fingerprint density at radius 1 is 1.21 bits per heavy atom. The van der Waals surface area contributed by atoms with Crippen molar-refractivity contribution in [1.82, 2.24) is 19.7 Å². The van der Waals surface area contributed by atoms with Crippen molar-refractivity contribution in [2.45, 2.75) is 51.3 Å². The Morgan fingerprint density at radius 2 is 1.86 bits per heavy atom. The molecule has 0 radical (unpaired) electrons. The van der Waals surface area contributed by atoms with Gasteiger partial charge in [0.15, 0.2) is 5.76 Å². The van der Waals surface area contributed by atoms with Gasteiger partial charge in [-0.15, -0.1) is 0 Å². The lowest BCUT2D eigenvalue weighted by Gasteiger charge is -2.33. The molecule has 2 fully saturated rings. The lowest BCUT2D eigenvalue weighted by molar-refractivity contribution is -0.126. The number of aromatic nitrogens is 1. The number of aryl methyl sites for hydroxylation is 2. The number of hydrogen-bond donors (Lipinski definition) is 1. The van der Waals surface area contributed by atoms with Gasteiger partial charge in [0.1, 0.15) is 10.6 Å². The Hall–Kier alpha value is -1.45. The van der Waals surface area contributed by atoms with Gasteiger partial charge in [-0.3, -0.25) is 4.79 Å². The van der Waals surface area contributed by atoms with Crippen LogP contribution in [0.2, 0.25) is 0 Å². The van der Waals surface area contributed by atoms with Crippen LogP contribution >= 0.6 is 0 Å². The van der Waals surface area contributed by atoms with Gasteiger partial charge in [0.25, 0.3) is 0 Å². The van der Waals surface area contributed by atoms with Crippen molar-refractivity contribution in [3.8, 4) is 0 Å². The Bertz CT molecular complexity index is 758. The fourth-order valence-electron chi connectivity index (χ4n) is 4.31. The zero-order valence-corrected chi connectivity index (χ0v) is 17.9. The Labute approximate surface area is 167 Å². The second kappa shape index (κ2) is 8.92. The summed E-state index contributed by atoms with van der Waals surface area (Å²) in [4.78, 5) is 15.0. The van der Waals surface area contributed by atoms with E-state index in [0.29, 0.717) is 43.9 Å². The number of nitrogens with one attached hydrogen (secondary N) is 1. The van der Waals surface area contributed by atoms with E-state index < -0.39 is 10.0 Å². The van der Waals surface area contributed by atoms with Gasteiger partial charge in [0, 0.05) is 32.1 Å². The minimum Gasteiger partial charge on any atom is -0.360 e. The molecule has 2 aliphatic heterocycles. The summed E-state index contributed by atoms with van der Waals surface area (Å²) in [6.45, 7) is 9.90. The monoisotopic (exact) mass is 412 g/mol. The molecule has 0 aliphatic carbocycles. The SMILES string of the molecule is Cc1noc(C)c1S(=O)(=O)N1CCC([C@H](C)C(=O)NCCN2CCCC2)CC1. The zero-order valence-electron chi connectivity index (χ0n) is 17.1. The molecule has 1 aromatic heterocycles. The molecule has 3 rings (SSSR count). The molecule has 9 heteroatoms. The molecule has 8 nitrogen and oxygen atoms in total. The predicted octanol–water partition coefficient (Wildman–Crippen LogP) is 1.54. The summed E-state index contributed by atoms with van der Waals surface area (Å²) in [6, 6.07) is 0. The van der Waals surface area contributed by atoms with Crippen LogP contribution in [0.4, 0.5) is 0 Å². The van der Waals surface area contributed by atoms with Gasteiger partial charge in [-0.25, -0.2) is 8.42 Å². The molecule has 0 bridgehead atoms. The highest BCUT2D eigenvalue weighted by Crippen LogP contribution is 2.30. The first-order valence-electron chi connectivity index (χ1n) is 10.2. The molecule has 1 atom stereocenters. The van der Waals surface area contributed by atoms with Crippen LogP contribution in [0.25, 0.3) is 0 Å². The summed E-state index contributed by atoms with van der Waals surface area (Å²) in [5.41, 5.74) is 0.394. The highest BCUT2D eigenvalue weighted by atomic mass is 32.2. The van der Waals surface area contributed by atoms with Gasteiger partial charge in [-0.2, -0.15) is 4.31 Å². The van der Waals surface area contributed by atoms with Crippen molar-refractivity contribution in [3.63, 3.8) is 0 Å². The maximum absolute atomic E-state index is 12.9. The number of rotatable bonds is 7. The Kier molecular flexibility index (Phi) is 6.77. The number of amides is 1. The van der Waals surface area contributed by atoms with E-state index in [1.165, 1.54) is 17.1 Å². The Morgan fingerprint density at radius 3 is 2.43 bits per heavy atom. The van der Waals surface area contributed by atoms with Crippen LogP contribution in [-0.4, -0.2) is 68.0 Å². The number of sulfonamides is 1. The minimum absolute atomic E-state index is 0.0752. The van der Waals surface area contributed by atoms with Crippen molar-refractivity contribution in [2.75, 3.05) is 39.3 Å². The molecule has 3 heterocycles. The van der Waals surface area contributed by atoms with Crippen LogP contribution in [-0.2, 0) is 14.8 Å². The van der Waals surface area contributed by atoms with Crippen LogP contribution in [0.15, 0.2) is 9.42 Å². The van der Waals surface area contributed by atoms with Crippen molar-refractivity contribution in [2.24, 2.45) is 11.8 Å². The molecule has 1 N–H and O–H groups in total. The third-order valence-electron chi connectivity index (χ3n) is 6.11. The molecule has 0 aromatic carbocycles. The second-order valence-corrected chi connectivity index (χ2v) is 9.90. The largest absolute Gasteiger partial charge is 0.360 e. The summed E-state index contributed by atoms with van der Waals surface area (Å²) in [6.07, 6.45) is 3.87. The van der Waals surface area contributed by atoms with E-state index in [9.17, 15) is 13.2 Å². The molecule has 158 valence electrons. The fraction of sp³-hybridized carbons (Fsp3) is 0.789. The standard InChI is InChI=1S/C19H32N4O4S/c1-14(19(24)20-8-13-22-9-4-5-10-22)17-6-11-23(12-7-17)28(25,26)18-15(2)21-27-16(18)3/h14,17H,4-13H2,1-3H3,(H,20,24)/t14-/m0/s1. The molecule has 1 amide bonds. The first kappa shape index (κ1) is 21.3. The van der Waals surface area contributed by atoms with Crippen LogP contribution in [0, 0.1) is 25.7 Å². The van der Waals surface area contributed by atoms with Crippen molar-refractivity contribution >= 4 is 15.9 Å². The molecule has 0 unspecified atom stereocenters. The number of carbonyl (C=O) groups is 1. The number of likely N-dealkylation sites (tertiary alicyclic amines) is 1. The second-order valence-electron chi connectivity index (χ2n) is 8.02. The van der Waals surface area contributed by atoms with Gasteiger partial charge in [-0.1, -0.05) is 12.1 Å². The third-order valence-corrected chi connectivity index (χ3v) is 8.25. The summed E-state index contributed by atoms with van der Waals surface area (Å²) in [7, 11) is -3.60. The smallest absolute Gasteiger partial charge is 0.248 e. The average molecular weight is 413 g/mol. The molecule has 0 spiro atoms. The first-order chi connectivity index (χ1) is 13.3. The van der Waals surface area contributed by atoms with Crippen LogP contribution in [0.5, 0.6) is 0 Å². The third kappa shape index (κ3) is 4.58. The minimum atomic E-state index is -3.60. The fourth-order valence-corrected chi connectivity index (χ4v) is 6.07. The van der Waals surface area contributed by atoms with Gasteiger partial charge >= 0.3 is 0 Å². The number of carbonyl (C=O) groups excluding carboxylic acids is 1. The lowest BCUT2D eigenvalue weighted by Crippen LogP contribution is -2.43. The van der Waals surface area contributed by atoms with Crippen molar-refractivity contribution in [1.29, 1.82) is 0 Å². The van der Waals surface area contributed by atoms with Crippen molar-refractivity contribution < 1.29 is 17.7 Å². The van der Waals surface area contributed by atoms with Gasteiger partial charge in [0.05, 0.1) is 0 Å². The first-order valence-corrected chi connectivity index (χ1v) is 11.7. The highest BCUT2D eigenvalue weighted by molar-refractivity contribution is 7.89. The van der Waals surface area contributed by atoms with E-state index in [4.69, 9.17) is 4.52 Å². The summed E-state index contributed by atoms with van der Waals surface area (Å²) < 4.78 is 32.3. The summed E-state index contributed by atoms with van der Waals surface area (Å²) >= 11 is 0. The van der Waals surface area contributed by atoms with Crippen molar-refractivity contribution in [3.05, 3.63) is 11.5 Å². The zero-order chi connectivity index (χ0) is 20.3. The number of hydrogen-bond acceptors (Lipinski definition) is 6. The predicted molar refractivity (Wildman–Crippen MR) is 105 cm³/mol. The molecule has 1 aromatic rings. The summed E-state index contributed by atoms with van der Waals surface area (Å²) in [5, 5.41) is 6.82. The van der Waals surface area contributed by atoms with Gasteiger partial charge < -0.3 is 14.7 Å². The molecule has 28 heavy (non-hydrogen) atoms. The van der Waals surface area contributed by atoms with E-state index in [1.54, 1.807) is 13.8 Å². The maximum Gasteiger partial charge on any atom is 0.248 e. The molecule has 2 aliphatic rings. The van der Waals surface area contributed by atoms with Crippen LogP contribution in [0.3, 0.4) is 0 Å². The maximum atomic E-state index is 12.9. The highest BCUT2D eigenvalue weighted by Gasteiger charge is 2.36. The normalized spacial score (nSPS) is 21.1.